The van der Waals surface area contributed by atoms with E-state index in [4.69, 9.17) is 4.98 Å². The van der Waals surface area contributed by atoms with Crippen LogP contribution in [0.3, 0.4) is 0 Å². The maximum Gasteiger partial charge on any atom is 0.266 e. The van der Waals surface area contributed by atoms with Gasteiger partial charge < -0.3 is 4.90 Å². The number of para-hydroxylation sites is 1. The van der Waals surface area contributed by atoms with E-state index in [9.17, 15) is 9.59 Å². The maximum absolute atomic E-state index is 13.4. The molecule has 3 aromatic rings. The number of hydrogen-bond donors (Lipinski definition) is 0. The molecule has 1 aliphatic rings. The smallest absolute Gasteiger partial charge is 0.266 e. The number of carbonyl (C=O) groups excluding carboxylic acids is 1. The molecule has 156 valence electrons. The van der Waals surface area contributed by atoms with E-state index >= 15 is 0 Å². The Hall–Kier alpha value is -2.60. The Labute approximate surface area is 181 Å². The number of amides is 1. The molecule has 2 aromatic carbocycles. The minimum Gasteiger partial charge on any atom is -0.342 e. The molecule has 0 N–H and O–H groups in total. The summed E-state index contributed by atoms with van der Waals surface area (Å²) < 4.78 is 1.66. The second-order valence-corrected chi connectivity index (χ2v) is 9.35. The Morgan fingerprint density at radius 3 is 2.40 bits per heavy atom. The molecule has 4 rings (SSSR count). The topological polar surface area (TPSA) is 55.2 Å². The number of benzene rings is 2. The molecule has 30 heavy (non-hydrogen) atoms. The predicted octanol–water partition coefficient (Wildman–Crippen LogP) is 4.50. The molecule has 1 atom stereocenters. The predicted molar refractivity (Wildman–Crippen MR) is 123 cm³/mol. The summed E-state index contributed by atoms with van der Waals surface area (Å²) in [5, 5.41) is 0.825. The van der Waals surface area contributed by atoms with Gasteiger partial charge in [0.25, 0.3) is 5.56 Å². The molecule has 0 radical (unpaired) electrons. The first kappa shape index (κ1) is 20.7. The molecule has 0 bridgehead atoms. The van der Waals surface area contributed by atoms with Crippen LogP contribution in [-0.4, -0.2) is 38.7 Å². The molecule has 1 fully saturated rings. The number of piperidine rings is 1. The quantitative estimate of drug-likeness (QED) is 0.460. The summed E-state index contributed by atoms with van der Waals surface area (Å²) in [5.41, 5.74) is 3.50. The van der Waals surface area contributed by atoms with E-state index in [1.807, 2.05) is 56.0 Å². The van der Waals surface area contributed by atoms with Crippen LogP contribution in [-0.2, 0) is 4.79 Å². The second-order valence-electron chi connectivity index (χ2n) is 8.04. The average molecular weight is 422 g/mol. The van der Waals surface area contributed by atoms with E-state index in [-0.39, 0.29) is 16.7 Å². The van der Waals surface area contributed by atoms with Crippen molar-refractivity contribution in [2.45, 2.75) is 50.4 Å². The van der Waals surface area contributed by atoms with Crippen LogP contribution in [0.25, 0.3) is 16.6 Å². The lowest BCUT2D eigenvalue weighted by Gasteiger charge is -2.29. The Morgan fingerprint density at radius 2 is 1.70 bits per heavy atom. The average Bonchev–Trinajstić information content (AvgIpc) is 2.73. The lowest BCUT2D eigenvalue weighted by Crippen LogP contribution is -2.40. The highest BCUT2D eigenvalue weighted by Gasteiger charge is 2.25. The lowest BCUT2D eigenvalue weighted by atomic mass is 10.1. The van der Waals surface area contributed by atoms with Gasteiger partial charge in [-0.05, 0) is 75.4 Å². The Morgan fingerprint density at radius 1 is 1.03 bits per heavy atom. The van der Waals surface area contributed by atoms with Crippen LogP contribution in [0.5, 0.6) is 0 Å². The summed E-state index contributed by atoms with van der Waals surface area (Å²) in [6, 6.07) is 13.5. The van der Waals surface area contributed by atoms with Gasteiger partial charge in [-0.1, -0.05) is 30.0 Å². The van der Waals surface area contributed by atoms with Crippen LogP contribution in [0, 0.1) is 13.8 Å². The van der Waals surface area contributed by atoms with Gasteiger partial charge in [0.2, 0.25) is 5.91 Å². The highest BCUT2D eigenvalue weighted by molar-refractivity contribution is 8.00. The third-order valence-electron chi connectivity index (χ3n) is 5.51. The van der Waals surface area contributed by atoms with E-state index < -0.39 is 0 Å². The Kier molecular flexibility index (Phi) is 5.95. The zero-order valence-corrected chi connectivity index (χ0v) is 18.5. The fraction of sp³-hybridized carbons (Fsp3) is 0.375. The molecule has 0 spiro atoms. The van der Waals surface area contributed by atoms with Crippen LogP contribution in [0.15, 0.2) is 52.4 Å². The van der Waals surface area contributed by atoms with Crippen molar-refractivity contribution in [1.82, 2.24) is 14.5 Å². The van der Waals surface area contributed by atoms with E-state index in [2.05, 4.69) is 6.07 Å². The van der Waals surface area contributed by atoms with Crippen molar-refractivity contribution >= 4 is 28.6 Å². The minimum atomic E-state index is -0.312. The summed E-state index contributed by atoms with van der Waals surface area (Å²) in [4.78, 5) is 33.2. The molecule has 1 unspecified atom stereocenters. The van der Waals surface area contributed by atoms with Crippen molar-refractivity contribution in [3.05, 3.63) is 63.9 Å². The molecule has 1 amide bonds. The molecule has 1 aliphatic heterocycles. The third kappa shape index (κ3) is 4.15. The fourth-order valence-corrected chi connectivity index (χ4v) is 5.09. The molecule has 5 nitrogen and oxygen atoms in total. The van der Waals surface area contributed by atoms with Crippen LogP contribution < -0.4 is 5.56 Å². The van der Waals surface area contributed by atoms with Crippen molar-refractivity contribution in [3.63, 3.8) is 0 Å². The van der Waals surface area contributed by atoms with Gasteiger partial charge in [-0.25, -0.2) is 4.98 Å². The second kappa shape index (κ2) is 8.64. The molecule has 1 aromatic heterocycles. The first-order chi connectivity index (χ1) is 14.4. The standard InChI is InChI=1S/C24H27N3O2S/c1-16-13-17(2)15-19(14-16)27-23(29)20-9-5-6-10-21(20)25-24(27)30-18(3)22(28)26-11-7-4-8-12-26/h5-6,9-10,13-15,18H,4,7-8,11-12H2,1-3H3. The van der Waals surface area contributed by atoms with Crippen molar-refractivity contribution in [2.24, 2.45) is 0 Å². The van der Waals surface area contributed by atoms with Crippen LogP contribution >= 0.6 is 11.8 Å². The third-order valence-corrected chi connectivity index (χ3v) is 6.55. The van der Waals surface area contributed by atoms with Gasteiger partial charge in [-0.15, -0.1) is 0 Å². The zero-order valence-electron chi connectivity index (χ0n) is 17.7. The maximum atomic E-state index is 13.4. The minimum absolute atomic E-state index is 0.106. The van der Waals surface area contributed by atoms with E-state index in [1.54, 1.807) is 10.6 Å². The van der Waals surface area contributed by atoms with E-state index in [1.165, 1.54) is 18.2 Å². The van der Waals surface area contributed by atoms with Crippen LogP contribution in [0.2, 0.25) is 0 Å². The van der Waals surface area contributed by atoms with Gasteiger partial charge in [0.15, 0.2) is 5.16 Å². The summed E-state index contributed by atoms with van der Waals surface area (Å²) in [6.45, 7) is 7.59. The molecular formula is C24H27N3O2S. The lowest BCUT2D eigenvalue weighted by molar-refractivity contribution is -0.131. The summed E-state index contributed by atoms with van der Waals surface area (Å²) in [5.74, 6) is 0.120. The number of carbonyl (C=O) groups is 1. The van der Waals surface area contributed by atoms with E-state index in [0.717, 1.165) is 42.7 Å². The number of aryl methyl sites for hydroxylation is 2. The number of likely N-dealkylation sites (tertiary alicyclic amines) is 1. The highest BCUT2D eigenvalue weighted by Crippen LogP contribution is 2.27. The Bertz CT molecular complexity index is 1130. The van der Waals surface area contributed by atoms with Crippen molar-refractivity contribution in [3.8, 4) is 5.69 Å². The molecule has 0 saturated carbocycles. The van der Waals surface area contributed by atoms with Gasteiger partial charge >= 0.3 is 0 Å². The monoisotopic (exact) mass is 421 g/mol. The van der Waals surface area contributed by atoms with Gasteiger partial charge in [0, 0.05) is 13.1 Å². The fourth-order valence-electron chi connectivity index (χ4n) is 4.08. The van der Waals surface area contributed by atoms with Crippen molar-refractivity contribution in [1.29, 1.82) is 0 Å². The SMILES string of the molecule is Cc1cc(C)cc(-n2c(SC(C)C(=O)N3CCCCC3)nc3ccccc3c2=O)c1. The number of thioether (sulfide) groups is 1. The Balaban J connectivity index is 1.79. The van der Waals surface area contributed by atoms with Crippen molar-refractivity contribution < 1.29 is 4.79 Å². The number of nitrogens with zero attached hydrogens (tertiary/aromatic N) is 3. The number of aromatic nitrogens is 2. The van der Waals surface area contributed by atoms with Crippen molar-refractivity contribution in [2.75, 3.05) is 13.1 Å². The normalized spacial score (nSPS) is 15.4. The number of hydrogen-bond acceptors (Lipinski definition) is 4. The number of rotatable bonds is 4. The van der Waals surface area contributed by atoms with Gasteiger partial charge in [0.1, 0.15) is 0 Å². The largest absolute Gasteiger partial charge is 0.342 e. The highest BCUT2D eigenvalue weighted by atomic mass is 32.2. The molecule has 6 heteroatoms. The van der Waals surface area contributed by atoms with Crippen LogP contribution in [0.1, 0.15) is 37.3 Å². The number of fused-ring (bicyclic) bond motifs is 1. The van der Waals surface area contributed by atoms with Crippen LogP contribution in [0.4, 0.5) is 0 Å². The summed E-state index contributed by atoms with van der Waals surface area (Å²) in [7, 11) is 0. The molecule has 1 saturated heterocycles. The van der Waals surface area contributed by atoms with Gasteiger partial charge in [-0.3, -0.25) is 14.2 Å². The van der Waals surface area contributed by atoms with E-state index in [0.29, 0.717) is 16.1 Å². The molecular weight excluding hydrogens is 394 g/mol. The first-order valence-corrected chi connectivity index (χ1v) is 11.4. The summed E-state index contributed by atoms with van der Waals surface area (Å²) >= 11 is 1.37. The van der Waals surface area contributed by atoms with Gasteiger partial charge in [0.05, 0.1) is 21.8 Å². The van der Waals surface area contributed by atoms with Gasteiger partial charge in [-0.2, -0.15) is 0 Å². The summed E-state index contributed by atoms with van der Waals surface area (Å²) in [6.07, 6.45) is 3.30. The molecule has 2 heterocycles. The zero-order chi connectivity index (χ0) is 21.3. The first-order valence-electron chi connectivity index (χ1n) is 10.5. The molecule has 0 aliphatic carbocycles.